The van der Waals surface area contributed by atoms with E-state index < -0.39 is 23.8 Å². The number of carboxylic acid groups (broad SMARTS) is 1. The van der Waals surface area contributed by atoms with Crippen molar-refractivity contribution in [3.8, 4) is 5.75 Å². The summed E-state index contributed by atoms with van der Waals surface area (Å²) in [7, 11) is 0. The minimum atomic E-state index is -4.47. The van der Waals surface area contributed by atoms with Crippen LogP contribution in [-0.2, 0) is 15.8 Å². The fraction of sp³-hybridized carbons (Fsp3) is 0.391. The van der Waals surface area contributed by atoms with E-state index in [1.807, 2.05) is 12.2 Å². The SMILES string of the molecule is O=C(O)CCC/C=C\CC1=C(C=CC(O)COc2cccc(C(F)(F)F)c2)CCC1=O. The van der Waals surface area contributed by atoms with Crippen molar-refractivity contribution in [3.63, 3.8) is 0 Å². The minimum Gasteiger partial charge on any atom is -0.491 e. The zero-order valence-corrected chi connectivity index (χ0v) is 16.9. The minimum absolute atomic E-state index is 0.00580. The van der Waals surface area contributed by atoms with E-state index in [1.54, 1.807) is 6.08 Å². The highest BCUT2D eigenvalue weighted by Crippen LogP contribution is 2.31. The first-order chi connectivity index (χ1) is 14.7. The molecular formula is C23H25F3O5. The second kappa shape index (κ2) is 11.5. The van der Waals surface area contributed by atoms with E-state index in [0.717, 1.165) is 17.7 Å². The number of alkyl halides is 3. The van der Waals surface area contributed by atoms with Crippen molar-refractivity contribution >= 4 is 11.8 Å². The molecular weight excluding hydrogens is 413 g/mol. The van der Waals surface area contributed by atoms with Crippen molar-refractivity contribution in [1.29, 1.82) is 0 Å². The van der Waals surface area contributed by atoms with Gasteiger partial charge in [0.25, 0.3) is 0 Å². The normalized spacial score (nSPS) is 15.9. The number of benzene rings is 1. The standard InChI is InChI=1S/C23H25F3O5/c24-23(25,26)17-6-5-7-19(14-17)31-15-18(27)12-10-16-11-13-21(28)20(16)8-3-1-2-4-9-22(29)30/h1,3,5-7,10,12,14,18,27H,2,4,8-9,11,13,15H2,(H,29,30)/b3-1-,12-10?. The van der Waals surface area contributed by atoms with Crippen molar-refractivity contribution in [1.82, 2.24) is 0 Å². The number of carboxylic acids is 1. The van der Waals surface area contributed by atoms with Crippen LogP contribution in [0.2, 0.25) is 0 Å². The highest BCUT2D eigenvalue weighted by Gasteiger charge is 2.30. The molecule has 1 unspecified atom stereocenters. The Morgan fingerprint density at radius 2 is 2.00 bits per heavy atom. The van der Waals surface area contributed by atoms with Crippen molar-refractivity contribution < 1.29 is 37.7 Å². The monoisotopic (exact) mass is 438 g/mol. The first-order valence-electron chi connectivity index (χ1n) is 9.95. The Kier molecular flexibility index (Phi) is 9.05. The van der Waals surface area contributed by atoms with Crippen LogP contribution in [0, 0.1) is 0 Å². The van der Waals surface area contributed by atoms with E-state index >= 15 is 0 Å². The summed E-state index contributed by atoms with van der Waals surface area (Å²) in [6, 6.07) is 4.42. The molecule has 0 amide bonds. The van der Waals surface area contributed by atoms with Gasteiger partial charge < -0.3 is 14.9 Å². The molecule has 0 radical (unpaired) electrons. The molecule has 0 heterocycles. The first-order valence-corrected chi connectivity index (χ1v) is 9.95. The van der Waals surface area contributed by atoms with Gasteiger partial charge >= 0.3 is 12.1 Å². The predicted octanol–water partition coefficient (Wildman–Crippen LogP) is 4.86. The molecule has 31 heavy (non-hydrogen) atoms. The summed E-state index contributed by atoms with van der Waals surface area (Å²) in [6.45, 7) is -0.224. The van der Waals surface area contributed by atoms with Crippen LogP contribution in [0.4, 0.5) is 13.2 Å². The first kappa shape index (κ1) is 24.4. The third kappa shape index (κ3) is 8.41. The van der Waals surface area contributed by atoms with Crippen LogP contribution in [0.1, 0.15) is 44.1 Å². The molecule has 2 N–H and O–H groups in total. The summed E-state index contributed by atoms with van der Waals surface area (Å²) in [6.07, 6.45) is 3.89. The molecule has 5 nitrogen and oxygen atoms in total. The van der Waals surface area contributed by atoms with Crippen molar-refractivity contribution in [2.24, 2.45) is 0 Å². The second-order valence-electron chi connectivity index (χ2n) is 7.15. The fourth-order valence-electron chi connectivity index (χ4n) is 3.07. The number of carbonyl (C=O) groups excluding carboxylic acids is 1. The summed E-state index contributed by atoms with van der Waals surface area (Å²) < 4.78 is 43.4. The quantitative estimate of drug-likeness (QED) is 0.381. The van der Waals surface area contributed by atoms with E-state index in [4.69, 9.17) is 9.84 Å². The number of aliphatic hydroxyl groups is 1. The van der Waals surface area contributed by atoms with Gasteiger partial charge in [-0.2, -0.15) is 13.2 Å². The lowest BCUT2D eigenvalue weighted by Gasteiger charge is -2.12. The molecule has 0 bridgehead atoms. The van der Waals surface area contributed by atoms with Crippen LogP contribution in [0.25, 0.3) is 0 Å². The van der Waals surface area contributed by atoms with Gasteiger partial charge in [0.15, 0.2) is 5.78 Å². The smallest absolute Gasteiger partial charge is 0.416 e. The Hall–Kier alpha value is -2.87. The van der Waals surface area contributed by atoms with Crippen LogP contribution in [0.15, 0.2) is 59.7 Å². The number of unbranched alkanes of at least 4 members (excludes halogenated alkanes) is 1. The van der Waals surface area contributed by atoms with Gasteiger partial charge in [0.2, 0.25) is 0 Å². The third-order valence-electron chi connectivity index (χ3n) is 4.70. The van der Waals surface area contributed by atoms with Gasteiger partial charge in [0.1, 0.15) is 18.5 Å². The van der Waals surface area contributed by atoms with Gasteiger partial charge in [-0.15, -0.1) is 0 Å². The molecule has 0 spiro atoms. The van der Waals surface area contributed by atoms with Gasteiger partial charge in [0.05, 0.1) is 5.56 Å². The maximum Gasteiger partial charge on any atom is 0.416 e. The molecule has 1 aliphatic carbocycles. The summed E-state index contributed by atoms with van der Waals surface area (Å²) >= 11 is 0. The van der Waals surface area contributed by atoms with Gasteiger partial charge in [-0.3, -0.25) is 9.59 Å². The topological polar surface area (TPSA) is 83.8 Å². The Labute approximate surface area is 178 Å². The molecule has 0 aromatic heterocycles. The summed E-state index contributed by atoms with van der Waals surface area (Å²) in [5.74, 6) is -0.805. The number of halogens is 3. The molecule has 0 saturated carbocycles. The number of Topliss-reactive ketones (excluding diaryl/α,β-unsaturated/α-hetero) is 1. The lowest BCUT2D eigenvalue weighted by Crippen LogP contribution is -2.15. The van der Waals surface area contributed by atoms with Crippen LogP contribution in [0.5, 0.6) is 5.75 Å². The Morgan fingerprint density at radius 3 is 2.71 bits per heavy atom. The molecule has 2 rings (SSSR count). The number of aliphatic carboxylic acids is 1. The fourth-order valence-corrected chi connectivity index (χ4v) is 3.07. The zero-order valence-electron chi connectivity index (χ0n) is 16.9. The summed E-state index contributed by atoms with van der Waals surface area (Å²) in [5.41, 5.74) is 0.625. The maximum absolute atomic E-state index is 12.7. The zero-order chi connectivity index (χ0) is 22.9. The number of aliphatic hydroxyl groups excluding tert-OH is 1. The molecule has 1 aliphatic rings. The summed E-state index contributed by atoms with van der Waals surface area (Å²) in [5, 5.41) is 18.7. The molecule has 0 fully saturated rings. The molecule has 168 valence electrons. The molecule has 1 aromatic carbocycles. The largest absolute Gasteiger partial charge is 0.491 e. The number of ether oxygens (including phenoxy) is 1. The predicted molar refractivity (Wildman–Crippen MR) is 109 cm³/mol. The van der Waals surface area contributed by atoms with E-state index in [-0.39, 0.29) is 24.6 Å². The average molecular weight is 438 g/mol. The van der Waals surface area contributed by atoms with Crippen LogP contribution < -0.4 is 4.74 Å². The van der Waals surface area contributed by atoms with E-state index in [2.05, 4.69) is 0 Å². The molecule has 8 heteroatoms. The molecule has 1 atom stereocenters. The Bertz CT molecular complexity index is 868. The second-order valence-corrected chi connectivity index (χ2v) is 7.15. The third-order valence-corrected chi connectivity index (χ3v) is 4.70. The van der Waals surface area contributed by atoms with E-state index in [9.17, 15) is 27.9 Å². The van der Waals surface area contributed by atoms with Crippen molar-refractivity contribution in [3.05, 3.63) is 65.3 Å². The lowest BCUT2D eigenvalue weighted by atomic mass is 10.1. The molecule has 1 aromatic rings. The van der Waals surface area contributed by atoms with Crippen molar-refractivity contribution in [2.45, 2.75) is 50.8 Å². The number of allylic oxidation sites excluding steroid dienone is 5. The number of carbonyl (C=O) groups is 2. The lowest BCUT2D eigenvalue weighted by molar-refractivity contribution is -0.138. The van der Waals surface area contributed by atoms with E-state index in [1.165, 1.54) is 18.2 Å². The van der Waals surface area contributed by atoms with Crippen LogP contribution >= 0.6 is 0 Å². The van der Waals surface area contributed by atoms with Crippen LogP contribution in [-0.4, -0.2) is 34.7 Å². The average Bonchev–Trinajstić information content (AvgIpc) is 3.06. The van der Waals surface area contributed by atoms with Gasteiger partial charge in [0, 0.05) is 18.4 Å². The molecule has 0 aliphatic heterocycles. The number of rotatable bonds is 11. The van der Waals surface area contributed by atoms with Gasteiger partial charge in [-0.05, 0) is 49.5 Å². The van der Waals surface area contributed by atoms with Gasteiger partial charge in [-0.25, -0.2) is 0 Å². The van der Waals surface area contributed by atoms with Crippen molar-refractivity contribution in [2.75, 3.05) is 6.61 Å². The van der Waals surface area contributed by atoms with Gasteiger partial charge in [-0.1, -0.05) is 30.4 Å². The molecule has 0 saturated heterocycles. The highest BCUT2D eigenvalue weighted by molar-refractivity contribution is 5.99. The highest BCUT2D eigenvalue weighted by atomic mass is 19.4. The number of hydrogen-bond acceptors (Lipinski definition) is 4. The summed E-state index contributed by atoms with van der Waals surface area (Å²) in [4.78, 5) is 22.6. The maximum atomic E-state index is 12.7. The Morgan fingerprint density at radius 1 is 1.23 bits per heavy atom. The Balaban J connectivity index is 1.89. The number of hydrogen-bond donors (Lipinski definition) is 2. The van der Waals surface area contributed by atoms with E-state index in [0.29, 0.717) is 37.7 Å². The number of ketones is 1. The van der Waals surface area contributed by atoms with Crippen LogP contribution in [0.3, 0.4) is 0 Å².